The van der Waals surface area contributed by atoms with E-state index in [-0.39, 0.29) is 5.91 Å². The maximum absolute atomic E-state index is 12.0. The molecule has 0 spiro atoms. The maximum Gasteiger partial charge on any atom is 0.251 e. The molecule has 5 N–H and O–H groups in total. The van der Waals surface area contributed by atoms with Crippen molar-refractivity contribution in [3.8, 4) is 5.75 Å². The van der Waals surface area contributed by atoms with Gasteiger partial charge in [0.05, 0.1) is 33.5 Å². The molecule has 2 aromatic carbocycles. The normalized spacial score (nSPS) is 10.9. The predicted octanol–water partition coefficient (Wildman–Crippen LogP) is 4.10. The van der Waals surface area contributed by atoms with E-state index in [1.807, 2.05) is 42.6 Å². The van der Waals surface area contributed by atoms with Gasteiger partial charge in [-0.3, -0.25) is 4.79 Å². The molecule has 4 aromatic rings. The molecule has 12 nitrogen and oxygen atoms in total. The van der Waals surface area contributed by atoms with Gasteiger partial charge in [-0.2, -0.15) is 15.0 Å². The van der Waals surface area contributed by atoms with Gasteiger partial charge in [-0.1, -0.05) is 31.5 Å². The number of nitrogens with one attached hydrogen (secondary N) is 5. The molecule has 0 aliphatic rings. The number of unbranched alkanes of at least 4 members (excludes halogenated alkanes) is 1. The number of amides is 1. The first-order valence-corrected chi connectivity index (χ1v) is 14.8. The Labute approximate surface area is 252 Å². The van der Waals surface area contributed by atoms with Crippen LogP contribution in [0.1, 0.15) is 35.7 Å². The predicted molar refractivity (Wildman–Crippen MR) is 169 cm³/mol. The average molecular weight is 591 g/mol. The summed E-state index contributed by atoms with van der Waals surface area (Å²) in [6.45, 7) is 6.32. The number of hydrogen-bond acceptors (Lipinski definition) is 10. The number of anilines is 3. The molecule has 0 bridgehead atoms. The minimum atomic E-state index is -0.109. The van der Waals surface area contributed by atoms with Crippen LogP contribution in [-0.2, 0) is 15.9 Å². The highest BCUT2D eigenvalue weighted by atomic mass is 16.5. The van der Waals surface area contributed by atoms with Crippen LogP contribution in [0.3, 0.4) is 0 Å². The van der Waals surface area contributed by atoms with Crippen molar-refractivity contribution in [2.24, 2.45) is 0 Å². The quantitative estimate of drug-likeness (QED) is 0.0953. The van der Waals surface area contributed by atoms with Gasteiger partial charge in [0, 0.05) is 48.8 Å². The number of hydrogen-bond donors (Lipinski definition) is 5. The van der Waals surface area contributed by atoms with Gasteiger partial charge in [-0.05, 0) is 48.7 Å². The third-order valence-corrected chi connectivity index (χ3v) is 6.57. The number of ether oxygens (including phenoxy) is 3. The monoisotopic (exact) mass is 590 g/mol. The Morgan fingerprint density at radius 1 is 0.814 bits per heavy atom. The molecule has 230 valence electrons. The van der Waals surface area contributed by atoms with E-state index in [9.17, 15) is 4.79 Å². The van der Waals surface area contributed by atoms with E-state index in [2.05, 4.69) is 48.1 Å². The highest BCUT2D eigenvalue weighted by Gasteiger charge is 2.09. The van der Waals surface area contributed by atoms with Crippen molar-refractivity contribution in [2.75, 3.05) is 75.7 Å². The van der Waals surface area contributed by atoms with E-state index >= 15 is 0 Å². The number of rotatable bonds is 20. The fraction of sp³-hybridized carbons (Fsp3) is 0.419. The van der Waals surface area contributed by atoms with Crippen LogP contribution in [0.25, 0.3) is 10.9 Å². The van der Waals surface area contributed by atoms with Gasteiger partial charge in [0.2, 0.25) is 17.8 Å². The summed E-state index contributed by atoms with van der Waals surface area (Å²) in [7, 11) is 1.67. The summed E-state index contributed by atoms with van der Waals surface area (Å²) in [6.07, 6.45) is 4.91. The first-order valence-electron chi connectivity index (χ1n) is 14.8. The van der Waals surface area contributed by atoms with Crippen molar-refractivity contribution < 1.29 is 19.0 Å². The van der Waals surface area contributed by atoms with Crippen LogP contribution in [-0.4, -0.2) is 85.6 Å². The van der Waals surface area contributed by atoms with Crippen molar-refractivity contribution in [1.82, 2.24) is 25.3 Å². The third kappa shape index (κ3) is 10.4. The van der Waals surface area contributed by atoms with Gasteiger partial charge in [0.15, 0.2) is 0 Å². The van der Waals surface area contributed by atoms with E-state index < -0.39 is 0 Å². The average Bonchev–Trinajstić information content (AvgIpc) is 3.44. The molecular formula is C31H42N8O4. The summed E-state index contributed by atoms with van der Waals surface area (Å²) in [4.78, 5) is 28.9. The largest absolute Gasteiger partial charge is 0.497 e. The molecule has 1 amide bonds. The van der Waals surface area contributed by atoms with Crippen molar-refractivity contribution in [2.45, 2.75) is 26.2 Å². The van der Waals surface area contributed by atoms with E-state index in [1.54, 1.807) is 19.2 Å². The number of aromatic nitrogens is 4. The van der Waals surface area contributed by atoms with Crippen molar-refractivity contribution >= 4 is 34.7 Å². The van der Waals surface area contributed by atoms with Gasteiger partial charge >= 0.3 is 0 Å². The third-order valence-electron chi connectivity index (χ3n) is 6.57. The topological polar surface area (TPSA) is 147 Å². The number of H-pyrrole nitrogens is 1. The molecule has 0 saturated carbocycles. The Morgan fingerprint density at radius 2 is 1.49 bits per heavy atom. The molecule has 0 aliphatic heterocycles. The SMILES string of the molecule is CCCCNc1nc(NCCOCCOCCNC(=O)c2ccccc2)nc(NCCc2c[nH]c3ccc(OC)cc23)n1. The molecule has 2 aromatic heterocycles. The zero-order chi connectivity index (χ0) is 30.1. The minimum absolute atomic E-state index is 0.109. The fourth-order valence-corrected chi connectivity index (χ4v) is 4.28. The second-order valence-electron chi connectivity index (χ2n) is 9.76. The van der Waals surface area contributed by atoms with Crippen LogP contribution >= 0.6 is 0 Å². The molecule has 0 radical (unpaired) electrons. The molecule has 0 aliphatic carbocycles. The summed E-state index contributed by atoms with van der Waals surface area (Å²) in [5.74, 6) is 2.23. The van der Waals surface area contributed by atoms with Gasteiger partial charge < -0.3 is 40.5 Å². The van der Waals surface area contributed by atoms with E-state index in [4.69, 9.17) is 14.2 Å². The summed E-state index contributed by atoms with van der Waals surface area (Å²) in [6, 6.07) is 15.1. The number of methoxy groups -OCH3 is 1. The van der Waals surface area contributed by atoms with Crippen LogP contribution in [0.4, 0.5) is 17.8 Å². The number of benzene rings is 2. The summed E-state index contributed by atoms with van der Waals surface area (Å²) in [5, 5.41) is 13.8. The summed E-state index contributed by atoms with van der Waals surface area (Å²) in [5.41, 5.74) is 2.90. The number of aromatic amines is 1. The van der Waals surface area contributed by atoms with Gasteiger partial charge in [-0.15, -0.1) is 0 Å². The Balaban J connectivity index is 1.16. The van der Waals surface area contributed by atoms with Crippen LogP contribution in [0, 0.1) is 0 Å². The highest BCUT2D eigenvalue weighted by molar-refractivity contribution is 5.94. The van der Waals surface area contributed by atoms with Gasteiger partial charge in [-0.25, -0.2) is 0 Å². The van der Waals surface area contributed by atoms with Crippen molar-refractivity contribution in [1.29, 1.82) is 0 Å². The van der Waals surface area contributed by atoms with Crippen LogP contribution in [0.2, 0.25) is 0 Å². The molecule has 0 atom stereocenters. The zero-order valence-corrected chi connectivity index (χ0v) is 24.9. The smallest absolute Gasteiger partial charge is 0.251 e. The summed E-state index contributed by atoms with van der Waals surface area (Å²) < 4.78 is 16.6. The minimum Gasteiger partial charge on any atom is -0.497 e. The number of nitrogens with zero attached hydrogens (tertiary/aromatic N) is 3. The molecule has 2 heterocycles. The zero-order valence-electron chi connectivity index (χ0n) is 24.9. The van der Waals surface area contributed by atoms with Gasteiger partial charge in [0.25, 0.3) is 5.91 Å². The highest BCUT2D eigenvalue weighted by Crippen LogP contribution is 2.24. The van der Waals surface area contributed by atoms with E-state index in [0.29, 0.717) is 69.5 Å². The number of fused-ring (bicyclic) bond motifs is 1. The first-order chi connectivity index (χ1) is 21.2. The Kier molecular flexibility index (Phi) is 12.8. The van der Waals surface area contributed by atoms with Crippen molar-refractivity contribution in [3.05, 3.63) is 65.9 Å². The lowest BCUT2D eigenvalue weighted by Crippen LogP contribution is -2.27. The Morgan fingerprint density at radius 3 is 2.19 bits per heavy atom. The van der Waals surface area contributed by atoms with E-state index in [1.165, 1.54) is 5.56 Å². The molecule has 43 heavy (non-hydrogen) atoms. The molecular weight excluding hydrogens is 548 g/mol. The molecule has 0 fully saturated rings. The lowest BCUT2D eigenvalue weighted by molar-refractivity contribution is 0.0519. The Bertz CT molecular complexity index is 1400. The molecule has 4 rings (SSSR count). The fourth-order valence-electron chi connectivity index (χ4n) is 4.28. The maximum atomic E-state index is 12.0. The molecule has 12 heteroatoms. The second kappa shape index (κ2) is 17.5. The number of carbonyl (C=O) groups excluding carboxylic acids is 1. The second-order valence-corrected chi connectivity index (χ2v) is 9.76. The van der Waals surface area contributed by atoms with Crippen molar-refractivity contribution in [3.63, 3.8) is 0 Å². The van der Waals surface area contributed by atoms with E-state index in [0.717, 1.165) is 42.5 Å². The number of carbonyl (C=O) groups is 1. The first kappa shape index (κ1) is 31.5. The lowest BCUT2D eigenvalue weighted by Gasteiger charge is -2.12. The van der Waals surface area contributed by atoms with Gasteiger partial charge in [0.1, 0.15) is 5.75 Å². The summed E-state index contributed by atoms with van der Waals surface area (Å²) >= 11 is 0. The Hall–Kier alpha value is -4.42. The lowest BCUT2D eigenvalue weighted by atomic mass is 10.1. The van der Waals surface area contributed by atoms with Crippen LogP contribution in [0.15, 0.2) is 54.7 Å². The molecule has 0 saturated heterocycles. The van der Waals surface area contributed by atoms with Crippen LogP contribution in [0.5, 0.6) is 5.75 Å². The molecule has 0 unspecified atom stereocenters. The standard InChI is InChI=1S/C31H42N8O4/c1-3-4-13-33-29-37-30(34-14-12-24-22-36-27-11-10-25(41-2)21-26(24)27)39-31(38-29)35-16-18-43-20-19-42-17-15-32-28(40)23-8-6-5-7-9-23/h5-11,21-22,36H,3-4,12-20H2,1-2H3,(H,32,40)(H3,33,34,35,37,38,39). The van der Waals surface area contributed by atoms with Crippen LogP contribution < -0.4 is 26.0 Å².